The minimum Gasteiger partial charge on any atom is -0.425 e. The molecule has 0 unspecified atom stereocenters. The lowest BCUT2D eigenvalue weighted by molar-refractivity contribution is 0.639. The standard InChI is InChI=1S/C6H6NOP2/c9-7-10-8-6-4-2-1-3-5-6/h1-5,9H/q-1. The lowest BCUT2D eigenvalue weighted by Gasteiger charge is -1.95. The average Bonchev–Trinajstić information content (AvgIpc) is 2.03. The highest BCUT2D eigenvalue weighted by atomic mass is 31.1. The molecule has 0 aromatic heterocycles. The van der Waals surface area contributed by atoms with Crippen molar-refractivity contribution < 1.29 is 4.52 Å². The van der Waals surface area contributed by atoms with Gasteiger partial charge in [-0.15, -0.1) is 0 Å². The van der Waals surface area contributed by atoms with Gasteiger partial charge in [0.15, 0.2) is 0 Å². The van der Waals surface area contributed by atoms with Crippen molar-refractivity contribution in [3.63, 3.8) is 0 Å². The van der Waals surface area contributed by atoms with Gasteiger partial charge in [0.05, 0.1) is 0 Å². The van der Waals surface area contributed by atoms with E-state index in [2.05, 4.69) is 13.9 Å². The van der Waals surface area contributed by atoms with Gasteiger partial charge in [-0.3, -0.25) is 0 Å². The van der Waals surface area contributed by atoms with E-state index in [1.807, 2.05) is 30.3 Å². The summed E-state index contributed by atoms with van der Waals surface area (Å²) in [5.41, 5.74) is 0. The average molecular weight is 170 g/mol. The van der Waals surface area contributed by atoms with Crippen LogP contribution >= 0.6 is 18.0 Å². The van der Waals surface area contributed by atoms with Crippen LogP contribution in [-0.4, -0.2) is 0 Å². The lowest BCUT2D eigenvalue weighted by Crippen LogP contribution is -1.70. The molecule has 0 aliphatic heterocycles. The Morgan fingerprint density at radius 2 is 2.00 bits per heavy atom. The zero-order valence-corrected chi connectivity index (χ0v) is 7.08. The van der Waals surface area contributed by atoms with Crippen LogP contribution in [0.2, 0.25) is 0 Å². The zero-order chi connectivity index (χ0) is 7.23. The van der Waals surface area contributed by atoms with Crippen molar-refractivity contribution in [3.8, 4) is 5.75 Å². The fraction of sp³-hybridized carbons (Fsp3) is 0. The molecular weight excluding hydrogens is 164 g/mol. The third-order valence-electron chi connectivity index (χ3n) is 0.930. The van der Waals surface area contributed by atoms with E-state index in [9.17, 15) is 0 Å². The Kier molecular flexibility index (Phi) is 3.35. The van der Waals surface area contributed by atoms with E-state index in [1.165, 1.54) is 0 Å². The predicted molar refractivity (Wildman–Crippen MR) is 44.7 cm³/mol. The molecule has 0 radical (unpaired) electrons. The molecule has 0 fully saturated rings. The van der Waals surface area contributed by atoms with Gasteiger partial charge in [0, 0.05) is 0 Å². The second-order valence-corrected chi connectivity index (χ2v) is 2.73. The molecule has 2 nitrogen and oxygen atoms in total. The number of hydrogen-bond acceptors (Lipinski definition) is 2. The Labute approximate surface area is 63.8 Å². The van der Waals surface area contributed by atoms with E-state index >= 15 is 0 Å². The van der Waals surface area contributed by atoms with Crippen LogP contribution in [0, 0.1) is 0 Å². The third kappa shape index (κ3) is 2.43. The maximum atomic E-state index is 5.11. The highest BCUT2D eigenvalue weighted by Crippen LogP contribution is 2.15. The van der Waals surface area contributed by atoms with Crippen molar-refractivity contribution in [3.05, 3.63) is 30.3 Å². The van der Waals surface area contributed by atoms with Gasteiger partial charge in [-0.1, -0.05) is 18.2 Å². The highest BCUT2D eigenvalue weighted by molar-refractivity contribution is 7.31. The van der Waals surface area contributed by atoms with Crippen LogP contribution in [-0.2, 0) is 0 Å². The Hall–Kier alpha value is -0.450. The molecule has 0 saturated carbocycles. The van der Waals surface area contributed by atoms with E-state index in [4.69, 9.17) is 4.52 Å². The van der Waals surface area contributed by atoms with Crippen molar-refractivity contribution in [2.24, 2.45) is 4.52 Å². The quantitative estimate of drug-likeness (QED) is 0.624. The van der Waals surface area contributed by atoms with Crippen molar-refractivity contribution in [1.29, 1.82) is 0 Å². The van der Waals surface area contributed by atoms with Crippen LogP contribution in [0.3, 0.4) is 0 Å². The van der Waals surface area contributed by atoms with E-state index in [-0.39, 0.29) is 0 Å². The molecule has 52 valence electrons. The number of rotatable bonds is 2. The van der Waals surface area contributed by atoms with E-state index in [1.54, 1.807) is 0 Å². The van der Waals surface area contributed by atoms with Gasteiger partial charge >= 0.3 is 0 Å². The van der Waals surface area contributed by atoms with Crippen LogP contribution < -0.4 is 4.52 Å². The van der Waals surface area contributed by atoms with Gasteiger partial charge in [0.1, 0.15) is 5.75 Å². The summed E-state index contributed by atoms with van der Waals surface area (Å²) < 4.78 is 8.70. The third-order valence-corrected chi connectivity index (χ3v) is 1.55. The van der Waals surface area contributed by atoms with Gasteiger partial charge in [0.2, 0.25) is 8.60 Å². The summed E-state index contributed by atoms with van der Waals surface area (Å²) in [5.74, 6) is 0.825. The van der Waals surface area contributed by atoms with Crippen LogP contribution in [0.4, 0.5) is 0 Å². The van der Waals surface area contributed by atoms with Gasteiger partial charge < -0.3 is 18.4 Å². The SMILES string of the molecule is [PH-]N=POc1ccccc1. The summed E-state index contributed by atoms with van der Waals surface area (Å²) in [7, 11) is 3.50. The summed E-state index contributed by atoms with van der Waals surface area (Å²) in [5, 5.41) is 0. The molecule has 1 aromatic carbocycles. The first kappa shape index (κ1) is 7.65. The fourth-order valence-electron chi connectivity index (χ4n) is 0.549. The molecule has 0 bridgehead atoms. The van der Waals surface area contributed by atoms with Crippen LogP contribution in [0.5, 0.6) is 5.75 Å². The number of nitrogens with zero attached hydrogens (tertiary/aromatic N) is 1. The Morgan fingerprint density at radius 3 is 2.60 bits per heavy atom. The van der Waals surface area contributed by atoms with Crippen molar-refractivity contribution in [1.82, 2.24) is 0 Å². The van der Waals surface area contributed by atoms with E-state index < -0.39 is 0 Å². The zero-order valence-electron chi connectivity index (χ0n) is 5.19. The van der Waals surface area contributed by atoms with Crippen LogP contribution in [0.15, 0.2) is 34.8 Å². The topological polar surface area (TPSA) is 21.6 Å². The maximum absolute atomic E-state index is 5.11. The first-order chi connectivity index (χ1) is 4.93. The Bertz CT molecular complexity index is 212. The molecule has 1 rings (SSSR count). The van der Waals surface area contributed by atoms with Crippen LogP contribution in [0.1, 0.15) is 0 Å². The normalized spacial score (nSPS) is 10.1. The summed E-state index contributed by atoms with van der Waals surface area (Å²) in [6.07, 6.45) is 0. The minimum absolute atomic E-state index is 0.565. The largest absolute Gasteiger partial charge is 0.425 e. The van der Waals surface area contributed by atoms with Gasteiger partial charge in [-0.2, -0.15) is 0 Å². The predicted octanol–water partition coefficient (Wildman–Crippen LogP) is 3.17. The van der Waals surface area contributed by atoms with Crippen LogP contribution in [0.25, 0.3) is 0 Å². The Morgan fingerprint density at radius 1 is 1.30 bits per heavy atom. The van der Waals surface area contributed by atoms with Gasteiger partial charge in [0.25, 0.3) is 0 Å². The highest BCUT2D eigenvalue weighted by Gasteiger charge is 1.84. The molecule has 0 atom stereocenters. The maximum Gasteiger partial charge on any atom is 0.206 e. The van der Waals surface area contributed by atoms with Crippen molar-refractivity contribution >= 4 is 18.0 Å². The molecule has 0 aliphatic rings. The molecular formula is C6H6NOP2-. The summed E-state index contributed by atoms with van der Waals surface area (Å²) in [4.78, 5) is 0. The molecule has 0 spiro atoms. The molecule has 0 heterocycles. The second kappa shape index (κ2) is 4.38. The molecule has 10 heavy (non-hydrogen) atoms. The molecule has 1 aromatic rings. The molecule has 0 saturated heterocycles. The smallest absolute Gasteiger partial charge is 0.206 e. The monoisotopic (exact) mass is 170 g/mol. The molecule has 0 aliphatic carbocycles. The fourth-order valence-corrected chi connectivity index (χ4v) is 0.928. The molecule has 0 N–H and O–H groups in total. The van der Waals surface area contributed by atoms with Gasteiger partial charge in [-0.05, 0) is 12.1 Å². The Balaban J connectivity index is 2.59. The first-order valence-corrected chi connectivity index (χ1v) is 3.93. The summed E-state index contributed by atoms with van der Waals surface area (Å²) >= 11 is 0. The number of para-hydroxylation sites is 1. The summed E-state index contributed by atoms with van der Waals surface area (Å²) in [6, 6.07) is 9.53. The van der Waals surface area contributed by atoms with Crippen molar-refractivity contribution in [2.75, 3.05) is 0 Å². The van der Waals surface area contributed by atoms with Crippen molar-refractivity contribution in [2.45, 2.75) is 0 Å². The first-order valence-electron chi connectivity index (χ1n) is 2.72. The second-order valence-electron chi connectivity index (χ2n) is 1.59. The van der Waals surface area contributed by atoms with E-state index in [0.29, 0.717) is 8.60 Å². The van der Waals surface area contributed by atoms with E-state index in [0.717, 1.165) is 5.75 Å². The molecule has 4 heteroatoms. The molecule has 0 amide bonds. The number of hydrogen-bond donors (Lipinski definition) is 0. The van der Waals surface area contributed by atoms with Gasteiger partial charge in [-0.25, -0.2) is 0 Å². The minimum atomic E-state index is 0.565. The number of benzene rings is 1. The summed E-state index contributed by atoms with van der Waals surface area (Å²) in [6.45, 7) is 0. The lowest BCUT2D eigenvalue weighted by atomic mass is 10.3.